The molecule has 1 heterocycles. The predicted molar refractivity (Wildman–Crippen MR) is 99.3 cm³/mol. The van der Waals surface area contributed by atoms with Gasteiger partial charge in [-0.3, -0.25) is 9.59 Å². The van der Waals surface area contributed by atoms with E-state index in [2.05, 4.69) is 0 Å². The molecule has 4 nitrogen and oxygen atoms in total. The molecule has 2 aromatic rings. The standard InChI is InChI=1S/C20H24O4S/c1-4-23-20(22)16(12-18-6-5-11-25-18)13-19(21)15-7-9-17(10-8-15)24-14(2)3/h5-11,14,16H,4,12-13H2,1-3H3. The van der Waals surface area contributed by atoms with Gasteiger partial charge >= 0.3 is 5.97 Å². The van der Waals surface area contributed by atoms with Gasteiger partial charge in [-0.2, -0.15) is 0 Å². The lowest BCUT2D eigenvalue weighted by molar-refractivity contribution is -0.147. The van der Waals surface area contributed by atoms with E-state index in [-0.39, 0.29) is 24.3 Å². The number of hydrogen-bond acceptors (Lipinski definition) is 5. The first-order chi connectivity index (χ1) is 12.0. The van der Waals surface area contributed by atoms with Crippen LogP contribution < -0.4 is 4.74 Å². The van der Waals surface area contributed by atoms with Crippen LogP contribution in [0.25, 0.3) is 0 Å². The zero-order valence-electron chi connectivity index (χ0n) is 14.9. The summed E-state index contributed by atoms with van der Waals surface area (Å²) in [6.45, 7) is 5.99. The van der Waals surface area contributed by atoms with Gasteiger partial charge in [0, 0.05) is 16.9 Å². The van der Waals surface area contributed by atoms with Crippen LogP contribution in [0.4, 0.5) is 0 Å². The maximum Gasteiger partial charge on any atom is 0.309 e. The van der Waals surface area contributed by atoms with Crippen LogP contribution in [-0.2, 0) is 16.0 Å². The number of esters is 1. The zero-order valence-corrected chi connectivity index (χ0v) is 15.7. The number of ketones is 1. The first-order valence-electron chi connectivity index (χ1n) is 8.48. The predicted octanol–water partition coefficient (Wildman–Crippen LogP) is 4.53. The molecule has 0 aliphatic carbocycles. The summed E-state index contributed by atoms with van der Waals surface area (Å²) in [5, 5.41) is 1.97. The van der Waals surface area contributed by atoms with Gasteiger partial charge in [-0.05, 0) is 62.9 Å². The van der Waals surface area contributed by atoms with Crippen molar-refractivity contribution in [3.05, 3.63) is 52.2 Å². The highest BCUT2D eigenvalue weighted by atomic mass is 32.1. The fourth-order valence-electron chi connectivity index (χ4n) is 2.50. The molecule has 134 valence electrons. The SMILES string of the molecule is CCOC(=O)C(CC(=O)c1ccc(OC(C)C)cc1)Cc1cccs1. The van der Waals surface area contributed by atoms with Crippen molar-refractivity contribution in [3.8, 4) is 5.75 Å². The second kappa shape index (κ2) is 9.37. The summed E-state index contributed by atoms with van der Waals surface area (Å²) in [5.41, 5.74) is 0.580. The second-order valence-electron chi connectivity index (χ2n) is 6.05. The number of ether oxygens (including phenoxy) is 2. The maximum absolute atomic E-state index is 12.6. The molecule has 0 aliphatic rings. The molecule has 2 rings (SSSR count). The summed E-state index contributed by atoms with van der Waals surface area (Å²) < 4.78 is 10.7. The van der Waals surface area contributed by atoms with Gasteiger partial charge in [0.05, 0.1) is 18.6 Å². The maximum atomic E-state index is 12.6. The van der Waals surface area contributed by atoms with Gasteiger partial charge in [0.2, 0.25) is 0 Å². The van der Waals surface area contributed by atoms with Gasteiger partial charge in [0.25, 0.3) is 0 Å². The van der Waals surface area contributed by atoms with Crippen molar-refractivity contribution in [1.82, 2.24) is 0 Å². The molecule has 0 amide bonds. The fraction of sp³-hybridized carbons (Fsp3) is 0.400. The molecule has 0 saturated heterocycles. The molecule has 5 heteroatoms. The van der Waals surface area contributed by atoms with Crippen molar-refractivity contribution >= 4 is 23.1 Å². The Balaban J connectivity index is 2.06. The highest BCUT2D eigenvalue weighted by molar-refractivity contribution is 7.09. The first-order valence-corrected chi connectivity index (χ1v) is 9.36. The molecule has 0 spiro atoms. The number of carbonyl (C=O) groups is 2. The summed E-state index contributed by atoms with van der Waals surface area (Å²) in [6, 6.07) is 11.0. The van der Waals surface area contributed by atoms with Gasteiger partial charge in [-0.15, -0.1) is 11.3 Å². The highest BCUT2D eigenvalue weighted by Crippen LogP contribution is 2.22. The summed E-state index contributed by atoms with van der Waals surface area (Å²) in [5.74, 6) is -0.112. The highest BCUT2D eigenvalue weighted by Gasteiger charge is 2.24. The molecule has 1 aromatic heterocycles. The zero-order chi connectivity index (χ0) is 18.2. The third-order valence-corrected chi connectivity index (χ3v) is 4.53. The lowest BCUT2D eigenvalue weighted by Gasteiger charge is -2.14. The van der Waals surface area contributed by atoms with Crippen LogP contribution in [0.3, 0.4) is 0 Å². The van der Waals surface area contributed by atoms with E-state index in [1.807, 2.05) is 31.4 Å². The van der Waals surface area contributed by atoms with Crippen LogP contribution in [0.2, 0.25) is 0 Å². The van der Waals surface area contributed by atoms with Crippen molar-refractivity contribution < 1.29 is 19.1 Å². The Kier molecular flexibility index (Phi) is 7.19. The van der Waals surface area contributed by atoms with E-state index in [1.165, 1.54) is 0 Å². The average Bonchev–Trinajstić information content (AvgIpc) is 3.07. The number of rotatable bonds is 9. The quantitative estimate of drug-likeness (QED) is 0.487. The van der Waals surface area contributed by atoms with Crippen LogP contribution in [-0.4, -0.2) is 24.5 Å². The van der Waals surface area contributed by atoms with E-state index < -0.39 is 5.92 Å². The normalized spacial score (nSPS) is 12.0. The lowest BCUT2D eigenvalue weighted by Crippen LogP contribution is -2.23. The molecule has 0 bridgehead atoms. The number of thiophene rings is 1. The average molecular weight is 360 g/mol. The largest absolute Gasteiger partial charge is 0.491 e. The van der Waals surface area contributed by atoms with Crippen molar-refractivity contribution in [1.29, 1.82) is 0 Å². The molecule has 1 unspecified atom stereocenters. The smallest absolute Gasteiger partial charge is 0.309 e. The van der Waals surface area contributed by atoms with Crippen LogP contribution in [0, 0.1) is 5.92 Å². The Bertz CT molecular complexity index is 674. The summed E-state index contributed by atoms with van der Waals surface area (Å²) in [6.07, 6.45) is 0.748. The Morgan fingerprint density at radius 3 is 2.40 bits per heavy atom. The van der Waals surface area contributed by atoms with Gasteiger partial charge in [0.15, 0.2) is 5.78 Å². The van der Waals surface area contributed by atoms with Crippen LogP contribution in [0.1, 0.15) is 42.4 Å². The fourth-order valence-corrected chi connectivity index (χ4v) is 3.29. The molecule has 0 fully saturated rings. The number of carbonyl (C=O) groups excluding carboxylic acids is 2. The third-order valence-electron chi connectivity index (χ3n) is 3.63. The van der Waals surface area contributed by atoms with Crippen molar-refractivity contribution in [2.75, 3.05) is 6.61 Å². The number of benzene rings is 1. The summed E-state index contributed by atoms with van der Waals surface area (Å²) in [4.78, 5) is 25.9. The molecule has 0 N–H and O–H groups in total. The molecular weight excluding hydrogens is 336 g/mol. The number of hydrogen-bond donors (Lipinski definition) is 0. The van der Waals surface area contributed by atoms with E-state index in [4.69, 9.17) is 9.47 Å². The minimum absolute atomic E-state index is 0.0642. The van der Waals surface area contributed by atoms with Gasteiger partial charge < -0.3 is 9.47 Å². The topological polar surface area (TPSA) is 52.6 Å². The second-order valence-corrected chi connectivity index (χ2v) is 7.08. The van der Waals surface area contributed by atoms with Crippen LogP contribution in [0.15, 0.2) is 41.8 Å². The third kappa shape index (κ3) is 6.02. The summed E-state index contributed by atoms with van der Waals surface area (Å²) in [7, 11) is 0. The molecular formula is C20H24O4S. The van der Waals surface area contributed by atoms with Crippen molar-refractivity contribution in [2.24, 2.45) is 5.92 Å². The molecule has 0 aliphatic heterocycles. The van der Waals surface area contributed by atoms with E-state index >= 15 is 0 Å². The molecule has 25 heavy (non-hydrogen) atoms. The number of Topliss-reactive ketones (excluding diaryl/α,β-unsaturated/α-hetero) is 1. The lowest BCUT2D eigenvalue weighted by atomic mass is 9.94. The van der Waals surface area contributed by atoms with Crippen molar-refractivity contribution in [2.45, 2.75) is 39.7 Å². The Hall–Kier alpha value is -2.14. The monoisotopic (exact) mass is 360 g/mol. The minimum Gasteiger partial charge on any atom is -0.491 e. The van der Waals surface area contributed by atoms with Gasteiger partial charge in [-0.25, -0.2) is 0 Å². The van der Waals surface area contributed by atoms with Gasteiger partial charge in [-0.1, -0.05) is 6.07 Å². The molecule has 0 saturated carbocycles. The van der Waals surface area contributed by atoms with Crippen LogP contribution >= 0.6 is 11.3 Å². The molecule has 1 atom stereocenters. The van der Waals surface area contributed by atoms with Gasteiger partial charge in [0.1, 0.15) is 5.75 Å². The summed E-state index contributed by atoms with van der Waals surface area (Å²) >= 11 is 1.58. The Labute approximate surface area is 152 Å². The minimum atomic E-state index is -0.460. The Morgan fingerprint density at radius 2 is 1.84 bits per heavy atom. The van der Waals surface area contributed by atoms with Crippen molar-refractivity contribution in [3.63, 3.8) is 0 Å². The Morgan fingerprint density at radius 1 is 1.12 bits per heavy atom. The molecule has 1 aromatic carbocycles. The van der Waals surface area contributed by atoms with E-state index in [0.717, 1.165) is 10.6 Å². The van der Waals surface area contributed by atoms with Crippen LogP contribution in [0.5, 0.6) is 5.75 Å². The first kappa shape index (κ1) is 19.2. The molecule has 0 radical (unpaired) electrons. The van der Waals surface area contributed by atoms with E-state index in [1.54, 1.807) is 42.5 Å². The van der Waals surface area contributed by atoms with E-state index in [0.29, 0.717) is 18.6 Å². The van der Waals surface area contributed by atoms with E-state index in [9.17, 15) is 9.59 Å².